The minimum Gasteiger partial charge on any atom is -0.373 e. The maximum atomic E-state index is 13.0. The highest BCUT2D eigenvalue weighted by Crippen LogP contribution is 2.23. The molecule has 3 heterocycles. The van der Waals surface area contributed by atoms with Crippen LogP contribution < -0.4 is 0 Å². The van der Waals surface area contributed by atoms with Gasteiger partial charge in [0.2, 0.25) is 0 Å². The molecule has 0 aromatic carbocycles. The molecule has 0 N–H and O–H groups in total. The van der Waals surface area contributed by atoms with E-state index in [0.29, 0.717) is 32.1 Å². The summed E-state index contributed by atoms with van der Waals surface area (Å²) in [4.78, 5) is 0. The first-order valence-corrected chi connectivity index (χ1v) is 12.6. The summed E-state index contributed by atoms with van der Waals surface area (Å²) >= 11 is 0. The van der Waals surface area contributed by atoms with Crippen LogP contribution in [0.15, 0.2) is 0 Å². The van der Waals surface area contributed by atoms with E-state index in [1.165, 1.54) is 12.9 Å². The molecule has 3 atom stereocenters. The Morgan fingerprint density at radius 3 is 1.63 bits per heavy atom. The summed E-state index contributed by atoms with van der Waals surface area (Å²) < 4.78 is 63.1. The molecule has 0 aromatic rings. The van der Waals surface area contributed by atoms with E-state index in [9.17, 15) is 16.8 Å². The van der Waals surface area contributed by atoms with Crippen LogP contribution in [0.25, 0.3) is 0 Å². The highest BCUT2D eigenvalue weighted by Gasteiger charge is 2.40. The Balaban J connectivity index is 1.62. The Morgan fingerprint density at radius 2 is 1.15 bits per heavy atom. The molecule has 3 aliphatic rings. The van der Waals surface area contributed by atoms with Crippen molar-refractivity contribution in [1.82, 2.24) is 17.2 Å². The quantitative estimate of drug-likeness (QED) is 0.630. The zero-order valence-corrected chi connectivity index (χ0v) is 18.1. The summed E-state index contributed by atoms with van der Waals surface area (Å²) in [5.74, 6) is 0.362. The van der Waals surface area contributed by atoms with Crippen molar-refractivity contribution in [1.29, 1.82) is 0 Å². The molecule has 9 nitrogen and oxygen atoms in total. The van der Waals surface area contributed by atoms with Crippen molar-refractivity contribution >= 4 is 20.4 Å². The van der Waals surface area contributed by atoms with Gasteiger partial charge >= 0.3 is 0 Å². The normalized spacial score (nSPS) is 34.0. The van der Waals surface area contributed by atoms with Crippen molar-refractivity contribution in [2.75, 3.05) is 52.4 Å². The van der Waals surface area contributed by atoms with Crippen LogP contribution in [0.4, 0.5) is 0 Å². The minimum absolute atomic E-state index is 0.147. The standard InChI is InChI=1S/C16H32N4O5S2/c1-14-5-4-6-19(11-14)26(21,22)17-7-9-18(10-8-17)27(23,24)20-12-15(2)25-16(3)13-20/h14-16H,4-13H2,1-3H3/t14-,15-,16+/m0/s1. The third kappa shape index (κ3) is 4.65. The van der Waals surface area contributed by atoms with Crippen LogP contribution in [-0.4, -0.2) is 98.6 Å². The molecule has 0 aromatic heterocycles. The molecule has 0 amide bonds. The zero-order valence-electron chi connectivity index (χ0n) is 16.4. The largest absolute Gasteiger partial charge is 0.373 e. The average molecular weight is 425 g/mol. The van der Waals surface area contributed by atoms with E-state index in [2.05, 4.69) is 6.92 Å². The Labute approximate surface area is 163 Å². The van der Waals surface area contributed by atoms with Gasteiger partial charge < -0.3 is 4.74 Å². The maximum absolute atomic E-state index is 13.0. The molecule has 3 saturated heterocycles. The predicted octanol–water partition coefficient (Wildman–Crippen LogP) is -0.0653. The number of morpholine rings is 1. The highest BCUT2D eigenvalue weighted by atomic mass is 32.2. The van der Waals surface area contributed by atoms with Gasteiger partial charge in [-0.3, -0.25) is 0 Å². The fraction of sp³-hybridized carbons (Fsp3) is 1.00. The fourth-order valence-electron chi connectivity index (χ4n) is 4.13. The summed E-state index contributed by atoms with van der Waals surface area (Å²) in [6.07, 6.45) is 1.63. The van der Waals surface area contributed by atoms with Crippen molar-refractivity contribution < 1.29 is 21.6 Å². The summed E-state index contributed by atoms with van der Waals surface area (Å²) in [7, 11) is -7.12. The third-order valence-corrected chi connectivity index (χ3v) is 9.48. The zero-order chi connectivity index (χ0) is 19.8. The van der Waals surface area contributed by atoms with Gasteiger partial charge in [0.1, 0.15) is 0 Å². The van der Waals surface area contributed by atoms with Gasteiger partial charge in [-0.2, -0.15) is 34.1 Å². The van der Waals surface area contributed by atoms with Gasteiger partial charge in [0.25, 0.3) is 20.4 Å². The van der Waals surface area contributed by atoms with Crippen LogP contribution in [0.1, 0.15) is 33.6 Å². The van der Waals surface area contributed by atoms with Gasteiger partial charge in [0.15, 0.2) is 0 Å². The number of rotatable bonds is 4. The highest BCUT2D eigenvalue weighted by molar-refractivity contribution is 7.87. The summed E-state index contributed by atoms with van der Waals surface area (Å²) in [5, 5.41) is 0. The second-order valence-electron chi connectivity index (χ2n) is 7.99. The van der Waals surface area contributed by atoms with Crippen LogP contribution in [0.5, 0.6) is 0 Å². The van der Waals surface area contributed by atoms with E-state index in [1.807, 2.05) is 13.8 Å². The number of ether oxygens (including phenoxy) is 1. The maximum Gasteiger partial charge on any atom is 0.282 e. The molecular weight excluding hydrogens is 392 g/mol. The van der Waals surface area contributed by atoms with Crippen molar-refractivity contribution in [2.24, 2.45) is 5.92 Å². The minimum atomic E-state index is -3.60. The number of nitrogens with zero attached hydrogens (tertiary/aromatic N) is 4. The lowest BCUT2D eigenvalue weighted by molar-refractivity contribution is -0.0456. The van der Waals surface area contributed by atoms with Gasteiger partial charge in [-0.05, 0) is 32.6 Å². The number of hydrogen-bond donors (Lipinski definition) is 0. The Kier molecular flexibility index (Phi) is 6.51. The molecule has 27 heavy (non-hydrogen) atoms. The van der Waals surface area contributed by atoms with Crippen molar-refractivity contribution in [3.05, 3.63) is 0 Å². The van der Waals surface area contributed by atoms with Crippen molar-refractivity contribution in [3.8, 4) is 0 Å². The lowest BCUT2D eigenvalue weighted by atomic mass is 10.0. The summed E-state index contributed by atoms with van der Waals surface area (Å²) in [6.45, 7) is 8.31. The summed E-state index contributed by atoms with van der Waals surface area (Å²) in [6, 6.07) is 0. The van der Waals surface area contributed by atoms with Crippen LogP contribution in [0.3, 0.4) is 0 Å². The monoisotopic (exact) mass is 424 g/mol. The van der Waals surface area contributed by atoms with E-state index in [-0.39, 0.29) is 38.4 Å². The van der Waals surface area contributed by atoms with E-state index >= 15 is 0 Å². The van der Waals surface area contributed by atoms with Crippen LogP contribution >= 0.6 is 0 Å². The van der Waals surface area contributed by atoms with E-state index in [1.54, 1.807) is 4.31 Å². The number of piperazine rings is 1. The van der Waals surface area contributed by atoms with Crippen LogP contribution in [0.2, 0.25) is 0 Å². The van der Waals surface area contributed by atoms with Crippen molar-refractivity contribution in [2.45, 2.75) is 45.8 Å². The van der Waals surface area contributed by atoms with Crippen molar-refractivity contribution in [3.63, 3.8) is 0 Å². The smallest absolute Gasteiger partial charge is 0.282 e. The predicted molar refractivity (Wildman–Crippen MR) is 103 cm³/mol. The molecule has 3 rings (SSSR count). The SMILES string of the molecule is C[C@H]1CCCN(S(=O)(=O)N2CCN(S(=O)(=O)N3C[C@@H](C)O[C@@H](C)C3)CC2)C1. The molecule has 158 valence electrons. The second kappa shape index (κ2) is 8.21. The molecule has 3 aliphatic heterocycles. The molecular formula is C16H32N4O5S2. The Bertz CT molecular complexity index is 711. The number of hydrogen-bond acceptors (Lipinski definition) is 5. The number of piperidine rings is 1. The lowest BCUT2D eigenvalue weighted by Gasteiger charge is -2.41. The molecule has 3 fully saturated rings. The first-order chi connectivity index (χ1) is 12.6. The Morgan fingerprint density at radius 1 is 0.667 bits per heavy atom. The molecule has 0 spiro atoms. The lowest BCUT2D eigenvalue weighted by Crippen LogP contribution is -2.59. The second-order valence-corrected chi connectivity index (χ2v) is 11.9. The average Bonchev–Trinajstić information content (AvgIpc) is 2.61. The van der Waals surface area contributed by atoms with Gasteiger partial charge in [-0.15, -0.1) is 0 Å². The van der Waals surface area contributed by atoms with E-state index < -0.39 is 20.4 Å². The Hall–Kier alpha value is -0.300. The fourth-order valence-corrected chi connectivity index (χ4v) is 7.63. The summed E-state index contributed by atoms with van der Waals surface area (Å²) in [5.41, 5.74) is 0. The molecule has 0 unspecified atom stereocenters. The topological polar surface area (TPSA) is 90.5 Å². The van der Waals surface area contributed by atoms with Gasteiger partial charge in [0, 0.05) is 52.4 Å². The third-order valence-electron chi connectivity index (χ3n) is 5.51. The van der Waals surface area contributed by atoms with E-state index in [4.69, 9.17) is 4.74 Å². The van der Waals surface area contributed by atoms with Crippen LogP contribution in [-0.2, 0) is 25.2 Å². The van der Waals surface area contributed by atoms with E-state index in [0.717, 1.165) is 12.8 Å². The molecule has 0 aliphatic carbocycles. The molecule has 0 radical (unpaired) electrons. The van der Waals surface area contributed by atoms with Crippen LogP contribution in [0, 0.1) is 5.92 Å². The molecule has 0 bridgehead atoms. The first-order valence-electron chi connectivity index (χ1n) is 9.76. The van der Waals surface area contributed by atoms with Gasteiger partial charge in [0.05, 0.1) is 12.2 Å². The van der Waals surface area contributed by atoms with Gasteiger partial charge in [-0.1, -0.05) is 6.92 Å². The molecule has 11 heteroatoms. The first kappa shape index (κ1) is 21.4. The van der Waals surface area contributed by atoms with Gasteiger partial charge in [-0.25, -0.2) is 0 Å². The molecule has 0 saturated carbocycles.